The van der Waals surface area contributed by atoms with Crippen molar-refractivity contribution in [2.75, 3.05) is 20.8 Å². The van der Waals surface area contributed by atoms with Gasteiger partial charge in [0.25, 0.3) is 5.91 Å². The maximum Gasteiger partial charge on any atom is 0.290 e. The van der Waals surface area contributed by atoms with Gasteiger partial charge in [0.05, 0.1) is 30.7 Å². The van der Waals surface area contributed by atoms with Gasteiger partial charge in [0.2, 0.25) is 5.78 Å². The van der Waals surface area contributed by atoms with Crippen LogP contribution in [-0.2, 0) is 11.2 Å². The van der Waals surface area contributed by atoms with Crippen LogP contribution in [0.3, 0.4) is 0 Å². The highest BCUT2D eigenvalue weighted by atomic mass is 32.1. The third kappa shape index (κ3) is 4.34. The van der Waals surface area contributed by atoms with Crippen LogP contribution in [0.15, 0.2) is 71.3 Å². The zero-order valence-corrected chi connectivity index (χ0v) is 18.9. The summed E-state index contributed by atoms with van der Waals surface area (Å²) in [7, 11) is 3.09. The van der Waals surface area contributed by atoms with Gasteiger partial charge in [-0.3, -0.25) is 9.59 Å². The van der Waals surface area contributed by atoms with Crippen LogP contribution in [0.1, 0.15) is 26.8 Å². The van der Waals surface area contributed by atoms with Crippen molar-refractivity contribution < 1.29 is 28.6 Å². The molecule has 1 aromatic heterocycles. The molecule has 1 amide bonds. The van der Waals surface area contributed by atoms with Crippen LogP contribution >= 0.6 is 11.3 Å². The molecule has 4 rings (SSSR count). The first-order valence-corrected chi connectivity index (χ1v) is 11.1. The molecular formula is C25H22FNO5S. The number of hydrogen-bond acceptors (Lipinski definition) is 6. The fraction of sp³-hybridized carbons (Fsp3) is 0.200. The number of rotatable bonds is 8. The van der Waals surface area contributed by atoms with Crippen LogP contribution in [0.4, 0.5) is 4.39 Å². The molecule has 1 aliphatic heterocycles. The van der Waals surface area contributed by atoms with Crippen LogP contribution in [-0.4, -0.2) is 42.5 Å². The molecule has 2 heterocycles. The molecular weight excluding hydrogens is 445 g/mol. The number of aliphatic hydroxyl groups excluding tert-OH is 1. The summed E-state index contributed by atoms with van der Waals surface area (Å²) in [6.07, 6.45) is 0.442. The van der Waals surface area contributed by atoms with E-state index in [0.29, 0.717) is 28.4 Å². The molecule has 33 heavy (non-hydrogen) atoms. The molecule has 2 aromatic carbocycles. The summed E-state index contributed by atoms with van der Waals surface area (Å²) >= 11 is 1.23. The fourth-order valence-corrected chi connectivity index (χ4v) is 4.61. The van der Waals surface area contributed by atoms with Gasteiger partial charge < -0.3 is 19.5 Å². The third-order valence-corrected chi connectivity index (χ3v) is 6.44. The summed E-state index contributed by atoms with van der Waals surface area (Å²) in [5, 5.41) is 12.4. The topological polar surface area (TPSA) is 76.1 Å². The van der Waals surface area contributed by atoms with Crippen molar-refractivity contribution in [1.82, 2.24) is 4.90 Å². The lowest BCUT2D eigenvalue weighted by atomic mass is 9.95. The van der Waals surface area contributed by atoms with Crippen molar-refractivity contribution in [3.8, 4) is 11.5 Å². The molecule has 0 saturated carbocycles. The highest BCUT2D eigenvalue weighted by Gasteiger charge is 2.43. The second-order valence-electron chi connectivity index (χ2n) is 7.46. The number of carbonyl (C=O) groups excluding carboxylic acids is 2. The lowest BCUT2D eigenvalue weighted by Gasteiger charge is -2.27. The molecule has 1 atom stereocenters. The molecule has 0 bridgehead atoms. The lowest BCUT2D eigenvalue weighted by molar-refractivity contribution is -0.129. The van der Waals surface area contributed by atoms with E-state index in [1.165, 1.54) is 40.5 Å². The number of methoxy groups -OCH3 is 2. The first-order chi connectivity index (χ1) is 15.9. The number of ether oxygens (including phenoxy) is 2. The lowest BCUT2D eigenvalue weighted by Crippen LogP contribution is -2.33. The van der Waals surface area contributed by atoms with E-state index >= 15 is 0 Å². The van der Waals surface area contributed by atoms with E-state index in [1.54, 1.807) is 37.8 Å². The summed E-state index contributed by atoms with van der Waals surface area (Å²) in [6.45, 7) is 0.224. The molecule has 0 aliphatic carbocycles. The van der Waals surface area contributed by atoms with E-state index < -0.39 is 29.3 Å². The number of Topliss-reactive ketones (excluding diaryl/α,β-unsaturated/α-hetero) is 1. The van der Waals surface area contributed by atoms with Crippen LogP contribution in [0, 0.1) is 5.82 Å². The first kappa shape index (κ1) is 22.5. The smallest absolute Gasteiger partial charge is 0.290 e. The summed E-state index contributed by atoms with van der Waals surface area (Å²) in [4.78, 5) is 28.1. The Morgan fingerprint density at radius 2 is 1.82 bits per heavy atom. The van der Waals surface area contributed by atoms with E-state index in [2.05, 4.69) is 0 Å². The molecule has 0 saturated heterocycles. The Balaban J connectivity index is 1.67. The van der Waals surface area contributed by atoms with Gasteiger partial charge in [-0.1, -0.05) is 24.3 Å². The van der Waals surface area contributed by atoms with Crippen molar-refractivity contribution in [3.05, 3.63) is 93.1 Å². The maximum absolute atomic E-state index is 13.6. The number of aliphatic hydroxyl groups is 1. The predicted molar refractivity (Wildman–Crippen MR) is 122 cm³/mol. The summed E-state index contributed by atoms with van der Waals surface area (Å²) in [6, 6.07) is 13.6. The van der Waals surface area contributed by atoms with Gasteiger partial charge in [-0.05, 0) is 53.3 Å². The largest absolute Gasteiger partial charge is 0.503 e. The fourth-order valence-electron chi connectivity index (χ4n) is 3.93. The molecule has 0 radical (unpaired) electrons. The quantitative estimate of drug-likeness (QED) is 0.485. The minimum Gasteiger partial charge on any atom is -0.503 e. The number of benzene rings is 2. The van der Waals surface area contributed by atoms with Gasteiger partial charge in [0, 0.05) is 6.54 Å². The van der Waals surface area contributed by atoms with Crippen molar-refractivity contribution in [3.63, 3.8) is 0 Å². The third-order valence-electron chi connectivity index (χ3n) is 5.57. The molecule has 6 nitrogen and oxygen atoms in total. The molecule has 1 unspecified atom stereocenters. The van der Waals surface area contributed by atoms with Gasteiger partial charge in [0.1, 0.15) is 5.82 Å². The molecule has 0 spiro atoms. The van der Waals surface area contributed by atoms with Crippen molar-refractivity contribution >= 4 is 23.0 Å². The van der Waals surface area contributed by atoms with Crippen molar-refractivity contribution in [2.45, 2.75) is 12.5 Å². The van der Waals surface area contributed by atoms with E-state index in [0.717, 1.165) is 5.56 Å². The van der Waals surface area contributed by atoms with E-state index in [1.807, 2.05) is 12.1 Å². The summed E-state index contributed by atoms with van der Waals surface area (Å²) < 4.78 is 24.2. The molecule has 3 aromatic rings. The summed E-state index contributed by atoms with van der Waals surface area (Å²) in [5.74, 6) is -0.906. The number of thiophene rings is 1. The van der Waals surface area contributed by atoms with Gasteiger partial charge in [-0.15, -0.1) is 11.3 Å². The number of amides is 1. The average Bonchev–Trinajstić information content (AvgIpc) is 3.45. The van der Waals surface area contributed by atoms with Gasteiger partial charge in [-0.2, -0.15) is 0 Å². The number of carbonyl (C=O) groups is 2. The predicted octanol–water partition coefficient (Wildman–Crippen LogP) is 4.73. The van der Waals surface area contributed by atoms with Crippen LogP contribution in [0.2, 0.25) is 0 Å². The van der Waals surface area contributed by atoms with E-state index in [-0.39, 0.29) is 12.1 Å². The van der Waals surface area contributed by atoms with Crippen molar-refractivity contribution in [2.24, 2.45) is 0 Å². The van der Waals surface area contributed by atoms with Gasteiger partial charge >= 0.3 is 0 Å². The SMILES string of the molecule is COc1ccc(CCN2C(=O)C(O)=C(C(=O)c3cccs3)C2c2ccc(F)cc2)cc1OC. The minimum absolute atomic E-state index is 0.00127. The highest BCUT2D eigenvalue weighted by molar-refractivity contribution is 7.12. The van der Waals surface area contributed by atoms with E-state index in [4.69, 9.17) is 9.47 Å². The number of halogens is 1. The maximum atomic E-state index is 13.6. The number of ketones is 1. The number of hydrogen-bond donors (Lipinski definition) is 1. The zero-order valence-electron chi connectivity index (χ0n) is 18.1. The Hall–Kier alpha value is -3.65. The van der Waals surface area contributed by atoms with Crippen molar-refractivity contribution in [1.29, 1.82) is 0 Å². The summed E-state index contributed by atoms with van der Waals surface area (Å²) in [5.41, 5.74) is 1.43. The Bertz CT molecular complexity index is 1200. The normalized spacial score (nSPS) is 15.8. The molecule has 170 valence electrons. The van der Waals surface area contributed by atoms with Crippen LogP contribution in [0.25, 0.3) is 0 Å². The highest BCUT2D eigenvalue weighted by Crippen LogP contribution is 2.39. The molecule has 1 aliphatic rings. The monoisotopic (exact) mass is 467 g/mol. The molecule has 1 N–H and O–H groups in total. The Labute approximate surface area is 194 Å². The molecule has 0 fully saturated rings. The first-order valence-electron chi connectivity index (χ1n) is 10.2. The Kier molecular flexibility index (Phi) is 6.46. The Morgan fingerprint density at radius 3 is 2.45 bits per heavy atom. The van der Waals surface area contributed by atoms with Gasteiger partial charge in [0.15, 0.2) is 17.3 Å². The average molecular weight is 468 g/mol. The van der Waals surface area contributed by atoms with Gasteiger partial charge in [-0.25, -0.2) is 4.39 Å². The van der Waals surface area contributed by atoms with Crippen LogP contribution < -0.4 is 9.47 Å². The molecule has 8 heteroatoms. The number of nitrogens with zero attached hydrogens (tertiary/aromatic N) is 1. The Morgan fingerprint density at radius 1 is 1.09 bits per heavy atom. The van der Waals surface area contributed by atoms with E-state index in [9.17, 15) is 19.1 Å². The van der Waals surface area contributed by atoms with Crippen LogP contribution in [0.5, 0.6) is 11.5 Å². The zero-order chi connectivity index (χ0) is 23.5. The second-order valence-corrected chi connectivity index (χ2v) is 8.41. The minimum atomic E-state index is -0.826. The second kappa shape index (κ2) is 9.46. The standard InChI is InChI=1S/C25H22FNO5S/c1-31-18-10-5-15(14-19(18)32-2)11-12-27-22(16-6-8-17(26)9-7-16)21(24(29)25(27)30)23(28)20-4-3-13-33-20/h3-10,13-14,22,29H,11-12H2,1-2H3.